The second kappa shape index (κ2) is 7.59. The summed E-state index contributed by atoms with van der Waals surface area (Å²) in [7, 11) is 1.66. The van der Waals surface area contributed by atoms with Crippen molar-refractivity contribution >= 4 is 39.1 Å². The number of anilines is 1. The number of amides is 1. The third kappa shape index (κ3) is 4.30. The average Bonchev–Trinajstić information content (AvgIpc) is 2.49. The van der Waals surface area contributed by atoms with Crippen molar-refractivity contribution < 1.29 is 9.53 Å². The van der Waals surface area contributed by atoms with E-state index in [2.05, 4.69) is 21.2 Å². The molecule has 3 nitrogen and oxygen atoms in total. The lowest BCUT2D eigenvalue weighted by atomic mass is 10.1. The number of methoxy groups -OCH3 is 1. The van der Waals surface area contributed by atoms with Gasteiger partial charge in [-0.05, 0) is 52.2 Å². The van der Waals surface area contributed by atoms with E-state index in [0.717, 1.165) is 17.7 Å². The van der Waals surface area contributed by atoms with Crippen LogP contribution in [0.25, 0.3) is 0 Å². The Labute approximate surface area is 137 Å². The molecule has 2 aromatic carbocycles. The Balaban J connectivity index is 2.17. The average molecular weight is 369 g/mol. The highest BCUT2D eigenvalue weighted by molar-refractivity contribution is 9.10. The molecule has 0 aromatic heterocycles. The van der Waals surface area contributed by atoms with Crippen LogP contribution in [0, 0.1) is 0 Å². The number of benzene rings is 2. The molecule has 2 rings (SSSR count). The SMILES string of the molecule is COCCc1ccccc1NC(=O)c1ccc(Cl)c(Br)c1. The third-order valence-electron chi connectivity index (χ3n) is 3.02. The van der Waals surface area contributed by atoms with E-state index in [1.165, 1.54) is 0 Å². The van der Waals surface area contributed by atoms with Gasteiger partial charge < -0.3 is 10.1 Å². The van der Waals surface area contributed by atoms with Gasteiger partial charge in [-0.25, -0.2) is 0 Å². The fraction of sp³-hybridized carbons (Fsp3) is 0.188. The van der Waals surface area contributed by atoms with Crippen LogP contribution in [0.1, 0.15) is 15.9 Å². The molecular formula is C16H15BrClNO2. The number of nitrogens with one attached hydrogen (secondary N) is 1. The number of hydrogen-bond donors (Lipinski definition) is 1. The van der Waals surface area contributed by atoms with E-state index < -0.39 is 0 Å². The Morgan fingerprint density at radius 3 is 2.76 bits per heavy atom. The zero-order chi connectivity index (χ0) is 15.2. The lowest BCUT2D eigenvalue weighted by Crippen LogP contribution is -2.13. The molecule has 0 aliphatic rings. The van der Waals surface area contributed by atoms with Crippen molar-refractivity contribution in [3.8, 4) is 0 Å². The Kier molecular flexibility index (Phi) is 5.79. The molecule has 0 heterocycles. The number of carbonyl (C=O) groups excluding carboxylic acids is 1. The first-order valence-corrected chi connectivity index (χ1v) is 7.62. The van der Waals surface area contributed by atoms with Crippen LogP contribution < -0.4 is 5.32 Å². The smallest absolute Gasteiger partial charge is 0.255 e. The Hall–Kier alpha value is -1.36. The number of hydrogen-bond acceptors (Lipinski definition) is 2. The van der Waals surface area contributed by atoms with E-state index in [4.69, 9.17) is 16.3 Å². The minimum Gasteiger partial charge on any atom is -0.384 e. The van der Waals surface area contributed by atoms with Gasteiger partial charge >= 0.3 is 0 Å². The molecule has 0 aliphatic carbocycles. The summed E-state index contributed by atoms with van der Waals surface area (Å²) in [5.41, 5.74) is 2.39. The molecule has 0 unspecified atom stereocenters. The molecule has 0 aliphatic heterocycles. The second-order valence-electron chi connectivity index (χ2n) is 4.48. The van der Waals surface area contributed by atoms with Crippen molar-refractivity contribution in [2.45, 2.75) is 6.42 Å². The van der Waals surface area contributed by atoms with Crippen molar-refractivity contribution in [3.63, 3.8) is 0 Å². The largest absolute Gasteiger partial charge is 0.384 e. The first-order valence-electron chi connectivity index (χ1n) is 6.45. The number of ether oxygens (including phenoxy) is 1. The lowest BCUT2D eigenvalue weighted by Gasteiger charge is -2.11. The zero-order valence-corrected chi connectivity index (χ0v) is 13.9. The van der Waals surface area contributed by atoms with Crippen LogP contribution in [-0.2, 0) is 11.2 Å². The van der Waals surface area contributed by atoms with Crippen molar-refractivity contribution in [3.05, 3.63) is 63.1 Å². The Bertz CT molecular complexity index is 646. The third-order valence-corrected chi connectivity index (χ3v) is 4.24. The summed E-state index contributed by atoms with van der Waals surface area (Å²) in [6, 6.07) is 12.8. The molecule has 5 heteroatoms. The van der Waals surface area contributed by atoms with Gasteiger partial charge in [-0.2, -0.15) is 0 Å². The van der Waals surface area contributed by atoms with Gasteiger partial charge in [-0.15, -0.1) is 0 Å². The van der Waals surface area contributed by atoms with Gasteiger partial charge in [0.15, 0.2) is 0 Å². The van der Waals surface area contributed by atoms with E-state index in [1.807, 2.05) is 24.3 Å². The highest BCUT2D eigenvalue weighted by Gasteiger charge is 2.10. The summed E-state index contributed by atoms with van der Waals surface area (Å²) in [6.45, 7) is 0.610. The van der Waals surface area contributed by atoms with E-state index >= 15 is 0 Å². The van der Waals surface area contributed by atoms with Crippen molar-refractivity contribution in [1.29, 1.82) is 0 Å². The molecular weight excluding hydrogens is 354 g/mol. The maximum atomic E-state index is 12.3. The van der Waals surface area contributed by atoms with E-state index in [0.29, 0.717) is 21.7 Å². The molecule has 1 amide bonds. The van der Waals surface area contributed by atoms with Gasteiger partial charge in [0.05, 0.1) is 11.6 Å². The van der Waals surface area contributed by atoms with Gasteiger partial charge in [0.25, 0.3) is 5.91 Å². The van der Waals surface area contributed by atoms with Crippen LogP contribution in [0.5, 0.6) is 0 Å². The Morgan fingerprint density at radius 2 is 2.05 bits per heavy atom. The molecule has 0 saturated carbocycles. The van der Waals surface area contributed by atoms with Crippen molar-refractivity contribution in [1.82, 2.24) is 0 Å². The lowest BCUT2D eigenvalue weighted by molar-refractivity contribution is 0.102. The van der Waals surface area contributed by atoms with Crippen molar-refractivity contribution in [2.24, 2.45) is 0 Å². The van der Waals surface area contributed by atoms with E-state index in [1.54, 1.807) is 25.3 Å². The number of halogens is 2. The van der Waals surface area contributed by atoms with Crippen LogP contribution in [0.15, 0.2) is 46.9 Å². The summed E-state index contributed by atoms with van der Waals surface area (Å²) in [5, 5.41) is 3.50. The molecule has 0 fully saturated rings. The molecule has 0 bridgehead atoms. The number of para-hydroxylation sites is 1. The molecule has 0 saturated heterocycles. The second-order valence-corrected chi connectivity index (χ2v) is 5.74. The minimum absolute atomic E-state index is 0.169. The van der Waals surface area contributed by atoms with Gasteiger partial charge in [0.2, 0.25) is 0 Å². The fourth-order valence-corrected chi connectivity index (χ4v) is 2.40. The molecule has 0 spiro atoms. The monoisotopic (exact) mass is 367 g/mol. The van der Waals surface area contributed by atoms with Crippen LogP contribution >= 0.6 is 27.5 Å². The molecule has 2 aromatic rings. The predicted octanol–water partition coefficient (Wildman–Crippen LogP) is 4.54. The normalized spacial score (nSPS) is 10.4. The van der Waals surface area contributed by atoms with Crippen LogP contribution in [0.3, 0.4) is 0 Å². The predicted molar refractivity (Wildman–Crippen MR) is 89.1 cm³/mol. The van der Waals surface area contributed by atoms with Gasteiger partial charge in [0, 0.05) is 22.8 Å². The Morgan fingerprint density at radius 1 is 1.29 bits per heavy atom. The molecule has 21 heavy (non-hydrogen) atoms. The van der Waals surface area contributed by atoms with Crippen LogP contribution in [0.2, 0.25) is 5.02 Å². The summed E-state index contributed by atoms with van der Waals surface area (Å²) in [4.78, 5) is 12.3. The topological polar surface area (TPSA) is 38.3 Å². The minimum atomic E-state index is -0.169. The molecule has 110 valence electrons. The highest BCUT2D eigenvalue weighted by atomic mass is 79.9. The van der Waals surface area contributed by atoms with E-state index in [9.17, 15) is 4.79 Å². The van der Waals surface area contributed by atoms with Gasteiger partial charge in [0.1, 0.15) is 0 Å². The summed E-state index contributed by atoms with van der Waals surface area (Å²) in [6.07, 6.45) is 0.747. The van der Waals surface area contributed by atoms with Gasteiger partial charge in [-0.3, -0.25) is 4.79 Å². The first kappa shape index (κ1) is 16.0. The maximum absolute atomic E-state index is 12.3. The van der Waals surface area contributed by atoms with E-state index in [-0.39, 0.29) is 5.91 Å². The maximum Gasteiger partial charge on any atom is 0.255 e. The summed E-state index contributed by atoms with van der Waals surface area (Å²) >= 11 is 9.26. The van der Waals surface area contributed by atoms with Crippen molar-refractivity contribution in [2.75, 3.05) is 19.0 Å². The molecule has 0 atom stereocenters. The fourth-order valence-electron chi connectivity index (χ4n) is 1.90. The highest BCUT2D eigenvalue weighted by Crippen LogP contribution is 2.24. The molecule has 0 radical (unpaired) electrons. The summed E-state index contributed by atoms with van der Waals surface area (Å²) in [5.74, 6) is -0.169. The standard InChI is InChI=1S/C16H15BrClNO2/c1-21-9-8-11-4-2-3-5-15(11)19-16(20)12-6-7-14(18)13(17)10-12/h2-7,10H,8-9H2,1H3,(H,19,20). The number of rotatable bonds is 5. The molecule has 1 N–H and O–H groups in total. The van der Waals surface area contributed by atoms with Crippen LogP contribution in [-0.4, -0.2) is 19.6 Å². The van der Waals surface area contributed by atoms with Crippen LogP contribution in [0.4, 0.5) is 5.69 Å². The quantitative estimate of drug-likeness (QED) is 0.841. The number of carbonyl (C=O) groups is 1. The first-order chi connectivity index (χ1) is 10.1. The summed E-state index contributed by atoms with van der Waals surface area (Å²) < 4.78 is 5.78. The zero-order valence-electron chi connectivity index (χ0n) is 11.5. The van der Waals surface area contributed by atoms with Gasteiger partial charge in [-0.1, -0.05) is 29.8 Å².